The van der Waals surface area contributed by atoms with Crippen LogP contribution in [0.1, 0.15) is 33.3 Å². The predicted molar refractivity (Wildman–Crippen MR) is 117 cm³/mol. The van der Waals surface area contributed by atoms with Gasteiger partial charge in [-0.05, 0) is 76.2 Å². The van der Waals surface area contributed by atoms with Crippen molar-refractivity contribution in [1.29, 1.82) is 0 Å². The van der Waals surface area contributed by atoms with Gasteiger partial charge in [-0.2, -0.15) is 0 Å². The number of aromatic nitrogens is 2. The van der Waals surface area contributed by atoms with Gasteiger partial charge in [-0.3, -0.25) is 14.9 Å². The molecule has 1 N–H and O–H groups in total. The molecule has 0 saturated heterocycles. The summed E-state index contributed by atoms with van der Waals surface area (Å²) in [6.45, 7) is 7.91. The molecule has 0 unspecified atom stereocenters. The topological polar surface area (TPSA) is 68.6 Å². The van der Waals surface area contributed by atoms with E-state index < -0.39 is 0 Å². The van der Waals surface area contributed by atoms with Crippen LogP contribution in [0.5, 0.6) is 11.5 Å². The summed E-state index contributed by atoms with van der Waals surface area (Å²) in [5, 5.41) is 3.27. The summed E-state index contributed by atoms with van der Waals surface area (Å²) in [4.78, 5) is 18.1. The van der Waals surface area contributed by atoms with E-state index in [2.05, 4.69) is 5.10 Å². The lowest BCUT2D eigenvalue weighted by Gasteiger charge is -2.14. The van der Waals surface area contributed by atoms with Crippen LogP contribution in [0.3, 0.4) is 0 Å². The number of hydrogen-bond donors (Lipinski definition) is 1. The van der Waals surface area contributed by atoms with Gasteiger partial charge >= 0.3 is 0 Å². The number of methoxy groups -OCH3 is 2. The number of hydrogen-bond acceptors (Lipinski definition) is 4. The highest BCUT2D eigenvalue weighted by molar-refractivity contribution is 6.03. The Hall–Kier alpha value is -3.28. The van der Waals surface area contributed by atoms with Crippen molar-refractivity contribution in [3.63, 3.8) is 0 Å². The van der Waals surface area contributed by atoms with Crippen molar-refractivity contribution in [3.8, 4) is 28.4 Å². The molecular formula is C23H27N3O3. The molecule has 29 heavy (non-hydrogen) atoms. The van der Waals surface area contributed by atoms with E-state index in [0.717, 1.165) is 28.4 Å². The fraction of sp³-hybridized carbons (Fsp3) is 0.304. The van der Waals surface area contributed by atoms with Gasteiger partial charge in [-0.1, -0.05) is 0 Å². The lowest BCUT2D eigenvalue weighted by atomic mass is 10.0. The average Bonchev–Trinajstić information content (AvgIpc) is 3.04. The molecule has 6 nitrogen and oxygen atoms in total. The van der Waals surface area contributed by atoms with Crippen LogP contribution in [-0.4, -0.2) is 35.3 Å². The summed E-state index contributed by atoms with van der Waals surface area (Å²) < 4.78 is 12.0. The predicted octanol–water partition coefficient (Wildman–Crippen LogP) is 4.46. The van der Waals surface area contributed by atoms with E-state index in [1.807, 2.05) is 76.2 Å². The Morgan fingerprint density at radius 1 is 0.931 bits per heavy atom. The Morgan fingerprint density at radius 3 is 1.93 bits per heavy atom. The van der Waals surface area contributed by atoms with Gasteiger partial charge < -0.3 is 9.47 Å². The van der Waals surface area contributed by atoms with Crippen LogP contribution in [0.4, 0.5) is 0 Å². The quantitative estimate of drug-likeness (QED) is 0.651. The van der Waals surface area contributed by atoms with Crippen molar-refractivity contribution in [1.82, 2.24) is 9.78 Å². The molecule has 0 amide bonds. The number of aromatic amines is 1. The Kier molecular flexibility index (Phi) is 5.64. The molecule has 3 aromatic rings. The number of aliphatic imine (C=N–C) groups is 1. The maximum atomic E-state index is 13.4. The molecule has 152 valence electrons. The number of ether oxygens (including phenoxy) is 2. The van der Waals surface area contributed by atoms with Crippen molar-refractivity contribution >= 4 is 5.71 Å². The van der Waals surface area contributed by atoms with Crippen molar-refractivity contribution in [2.45, 2.75) is 33.2 Å². The number of benzene rings is 2. The van der Waals surface area contributed by atoms with Gasteiger partial charge in [0.15, 0.2) is 0 Å². The molecular weight excluding hydrogens is 366 g/mol. The smallest absolute Gasteiger partial charge is 0.280 e. The normalized spacial score (nSPS) is 12.1. The zero-order valence-electron chi connectivity index (χ0n) is 17.7. The first-order valence-electron chi connectivity index (χ1n) is 9.44. The summed E-state index contributed by atoms with van der Waals surface area (Å²) in [7, 11) is 3.24. The SMILES string of the molecule is COc1ccc(-c2[nH]n(-c3ccc(OC)cc3)c(=O)c2C(C)=NC(C)(C)C)cc1. The molecule has 0 bridgehead atoms. The minimum atomic E-state index is -0.296. The number of H-pyrrole nitrogens is 1. The van der Waals surface area contributed by atoms with Crippen LogP contribution < -0.4 is 15.0 Å². The molecule has 2 aromatic carbocycles. The first-order valence-corrected chi connectivity index (χ1v) is 9.44. The second kappa shape index (κ2) is 7.99. The zero-order chi connectivity index (χ0) is 21.2. The fourth-order valence-electron chi connectivity index (χ4n) is 3.21. The van der Waals surface area contributed by atoms with Crippen LogP contribution in [0.15, 0.2) is 58.3 Å². The van der Waals surface area contributed by atoms with Crippen LogP contribution in [0.2, 0.25) is 0 Å². The van der Waals surface area contributed by atoms with Crippen molar-refractivity contribution in [2.75, 3.05) is 14.2 Å². The van der Waals surface area contributed by atoms with E-state index in [4.69, 9.17) is 14.5 Å². The fourth-order valence-corrected chi connectivity index (χ4v) is 3.21. The van der Waals surface area contributed by atoms with E-state index in [-0.39, 0.29) is 11.1 Å². The molecule has 0 radical (unpaired) electrons. The average molecular weight is 393 g/mol. The number of nitrogens with zero attached hydrogens (tertiary/aromatic N) is 2. The van der Waals surface area contributed by atoms with Gasteiger partial charge in [0.2, 0.25) is 0 Å². The minimum absolute atomic E-state index is 0.147. The Bertz CT molecular complexity index is 1070. The maximum Gasteiger partial charge on any atom is 0.280 e. The highest BCUT2D eigenvalue weighted by Gasteiger charge is 2.21. The third kappa shape index (κ3) is 4.42. The summed E-state index contributed by atoms with van der Waals surface area (Å²) in [6.07, 6.45) is 0. The summed E-state index contributed by atoms with van der Waals surface area (Å²) >= 11 is 0. The van der Waals surface area contributed by atoms with Crippen LogP contribution in [-0.2, 0) is 0 Å². The highest BCUT2D eigenvalue weighted by Crippen LogP contribution is 2.25. The van der Waals surface area contributed by atoms with Gasteiger partial charge in [-0.25, -0.2) is 4.68 Å². The summed E-state index contributed by atoms with van der Waals surface area (Å²) in [5.41, 5.74) is 3.13. The largest absolute Gasteiger partial charge is 0.497 e. The summed E-state index contributed by atoms with van der Waals surface area (Å²) in [5.74, 6) is 1.49. The molecule has 0 saturated carbocycles. The van der Waals surface area contributed by atoms with E-state index in [1.165, 1.54) is 4.68 Å². The van der Waals surface area contributed by atoms with Gasteiger partial charge in [0.25, 0.3) is 5.56 Å². The Balaban J connectivity index is 2.21. The minimum Gasteiger partial charge on any atom is -0.497 e. The van der Waals surface area contributed by atoms with Crippen LogP contribution in [0.25, 0.3) is 16.9 Å². The van der Waals surface area contributed by atoms with Crippen molar-refractivity contribution < 1.29 is 9.47 Å². The van der Waals surface area contributed by atoms with E-state index in [0.29, 0.717) is 11.3 Å². The maximum absolute atomic E-state index is 13.4. The molecule has 0 aliphatic heterocycles. The highest BCUT2D eigenvalue weighted by atomic mass is 16.5. The van der Waals surface area contributed by atoms with E-state index in [1.54, 1.807) is 14.2 Å². The third-order valence-corrected chi connectivity index (χ3v) is 4.46. The number of nitrogens with one attached hydrogen (secondary N) is 1. The Labute approximate surface area is 170 Å². The second-order valence-electron chi connectivity index (χ2n) is 7.80. The van der Waals surface area contributed by atoms with Crippen molar-refractivity contribution in [2.24, 2.45) is 4.99 Å². The van der Waals surface area contributed by atoms with Gasteiger partial charge in [0.05, 0.1) is 36.7 Å². The molecule has 3 rings (SSSR count). The molecule has 0 atom stereocenters. The standard InChI is InChI=1S/C23H27N3O3/c1-15(24-23(2,3)4)20-21(16-7-11-18(28-5)12-8-16)25-26(22(20)27)17-9-13-19(29-6)14-10-17/h7-14,25H,1-6H3. The van der Waals surface area contributed by atoms with Gasteiger partial charge in [0, 0.05) is 11.3 Å². The molecule has 1 heterocycles. The molecule has 6 heteroatoms. The lowest BCUT2D eigenvalue weighted by Crippen LogP contribution is -2.22. The molecule has 1 aromatic heterocycles. The molecule has 0 spiro atoms. The lowest BCUT2D eigenvalue weighted by molar-refractivity contribution is 0.414. The van der Waals surface area contributed by atoms with Gasteiger partial charge in [-0.15, -0.1) is 0 Å². The van der Waals surface area contributed by atoms with Crippen molar-refractivity contribution in [3.05, 3.63) is 64.4 Å². The first-order chi connectivity index (χ1) is 13.7. The van der Waals surface area contributed by atoms with E-state index in [9.17, 15) is 4.79 Å². The summed E-state index contributed by atoms with van der Waals surface area (Å²) in [6, 6.07) is 14.9. The zero-order valence-corrected chi connectivity index (χ0v) is 17.7. The van der Waals surface area contributed by atoms with Crippen LogP contribution >= 0.6 is 0 Å². The Morgan fingerprint density at radius 2 is 1.45 bits per heavy atom. The number of rotatable bonds is 5. The van der Waals surface area contributed by atoms with Gasteiger partial charge in [0.1, 0.15) is 11.5 Å². The molecule has 0 aliphatic carbocycles. The van der Waals surface area contributed by atoms with Crippen LogP contribution in [0, 0.1) is 0 Å². The monoisotopic (exact) mass is 393 g/mol. The second-order valence-corrected chi connectivity index (χ2v) is 7.80. The molecule has 0 fully saturated rings. The first kappa shape index (κ1) is 20.5. The third-order valence-electron chi connectivity index (χ3n) is 4.46. The van der Waals surface area contributed by atoms with E-state index >= 15 is 0 Å². The molecule has 0 aliphatic rings.